The van der Waals surface area contributed by atoms with Gasteiger partial charge in [-0.1, -0.05) is 12.1 Å². The molecule has 72 valence electrons. The molecule has 0 spiro atoms. The number of rotatable bonds is 1. The van der Waals surface area contributed by atoms with E-state index in [9.17, 15) is 4.79 Å². The monoisotopic (exact) mass is 251 g/mol. The lowest BCUT2D eigenvalue weighted by molar-refractivity contribution is 0.101. The van der Waals surface area contributed by atoms with Crippen LogP contribution >= 0.6 is 15.9 Å². The number of halogens is 1. The number of aryl methyl sites for hydroxylation is 1. The lowest BCUT2D eigenvalue weighted by Crippen LogP contribution is -1.91. The van der Waals surface area contributed by atoms with E-state index in [2.05, 4.69) is 20.9 Å². The second-order valence-corrected chi connectivity index (χ2v) is 4.14. The SMILES string of the molecule is CC(=O)c1cccc2[nH]c(C)c(Br)c12. The summed E-state index contributed by atoms with van der Waals surface area (Å²) in [5.41, 5.74) is 2.81. The van der Waals surface area contributed by atoms with Gasteiger partial charge in [-0.3, -0.25) is 4.79 Å². The largest absolute Gasteiger partial charge is 0.358 e. The van der Waals surface area contributed by atoms with Gasteiger partial charge in [0, 0.05) is 26.6 Å². The first-order valence-corrected chi connectivity index (χ1v) is 5.18. The molecule has 0 saturated carbocycles. The van der Waals surface area contributed by atoms with Gasteiger partial charge in [0.15, 0.2) is 5.78 Å². The van der Waals surface area contributed by atoms with E-state index < -0.39 is 0 Å². The topological polar surface area (TPSA) is 32.9 Å². The van der Waals surface area contributed by atoms with Gasteiger partial charge < -0.3 is 4.98 Å². The lowest BCUT2D eigenvalue weighted by atomic mass is 10.1. The van der Waals surface area contributed by atoms with Gasteiger partial charge in [-0.2, -0.15) is 0 Å². The predicted molar refractivity (Wildman–Crippen MR) is 60.7 cm³/mol. The summed E-state index contributed by atoms with van der Waals surface area (Å²) in [7, 11) is 0. The number of nitrogens with one attached hydrogen (secondary N) is 1. The van der Waals surface area contributed by atoms with Crippen molar-refractivity contribution in [2.24, 2.45) is 0 Å². The number of carbonyl (C=O) groups is 1. The van der Waals surface area contributed by atoms with Crippen molar-refractivity contribution in [3.63, 3.8) is 0 Å². The molecule has 0 fully saturated rings. The van der Waals surface area contributed by atoms with Crippen molar-refractivity contribution in [3.05, 3.63) is 33.9 Å². The number of benzene rings is 1. The Bertz CT molecular complexity index is 513. The number of aromatic amines is 1. The minimum atomic E-state index is 0.0929. The second-order valence-electron chi connectivity index (χ2n) is 3.35. The average Bonchev–Trinajstić information content (AvgIpc) is 2.43. The van der Waals surface area contributed by atoms with Crippen LogP contribution in [0.25, 0.3) is 10.9 Å². The van der Waals surface area contributed by atoms with Crippen LogP contribution in [0.2, 0.25) is 0 Å². The minimum Gasteiger partial charge on any atom is -0.358 e. The molecule has 0 aliphatic carbocycles. The van der Waals surface area contributed by atoms with Crippen LogP contribution in [0.4, 0.5) is 0 Å². The third-order valence-corrected chi connectivity index (χ3v) is 3.31. The van der Waals surface area contributed by atoms with E-state index >= 15 is 0 Å². The molecule has 0 aliphatic heterocycles. The van der Waals surface area contributed by atoms with Crippen molar-refractivity contribution in [2.45, 2.75) is 13.8 Å². The Morgan fingerprint density at radius 2 is 2.14 bits per heavy atom. The summed E-state index contributed by atoms with van der Waals surface area (Å²) >= 11 is 3.49. The quantitative estimate of drug-likeness (QED) is 0.775. The fourth-order valence-electron chi connectivity index (χ4n) is 1.63. The molecule has 2 nitrogen and oxygen atoms in total. The summed E-state index contributed by atoms with van der Waals surface area (Å²) in [5.74, 6) is 0.0929. The number of aromatic nitrogens is 1. The second kappa shape index (κ2) is 3.24. The Hall–Kier alpha value is -1.09. The maximum atomic E-state index is 11.4. The summed E-state index contributed by atoms with van der Waals surface area (Å²) in [4.78, 5) is 14.6. The summed E-state index contributed by atoms with van der Waals surface area (Å²) in [6.45, 7) is 3.57. The summed E-state index contributed by atoms with van der Waals surface area (Å²) < 4.78 is 0.985. The third kappa shape index (κ3) is 1.28. The standard InChI is InChI=1S/C11H10BrNO/c1-6-11(12)10-8(7(2)14)4-3-5-9(10)13-6/h3-5,13H,1-2H3. The maximum Gasteiger partial charge on any atom is 0.160 e. The van der Waals surface area contributed by atoms with Gasteiger partial charge in [0.2, 0.25) is 0 Å². The summed E-state index contributed by atoms with van der Waals surface area (Å²) in [5, 5.41) is 0.984. The number of H-pyrrole nitrogens is 1. The Morgan fingerprint density at radius 1 is 1.43 bits per heavy atom. The van der Waals surface area contributed by atoms with Crippen LogP contribution in [-0.2, 0) is 0 Å². The molecule has 0 radical (unpaired) electrons. The zero-order valence-electron chi connectivity index (χ0n) is 8.02. The summed E-state index contributed by atoms with van der Waals surface area (Å²) in [6.07, 6.45) is 0. The van der Waals surface area contributed by atoms with Crippen molar-refractivity contribution in [2.75, 3.05) is 0 Å². The van der Waals surface area contributed by atoms with Crippen molar-refractivity contribution >= 4 is 32.6 Å². The zero-order valence-corrected chi connectivity index (χ0v) is 9.60. The molecule has 1 N–H and O–H groups in total. The van der Waals surface area contributed by atoms with Gasteiger partial charge in [-0.15, -0.1) is 0 Å². The maximum absolute atomic E-state index is 11.4. The lowest BCUT2D eigenvalue weighted by Gasteiger charge is -1.98. The minimum absolute atomic E-state index is 0.0929. The molecule has 1 aromatic carbocycles. The van der Waals surface area contributed by atoms with Gasteiger partial charge in [0.25, 0.3) is 0 Å². The predicted octanol–water partition coefficient (Wildman–Crippen LogP) is 3.44. The van der Waals surface area contributed by atoms with Gasteiger partial charge in [-0.25, -0.2) is 0 Å². The van der Waals surface area contributed by atoms with Crippen LogP contribution < -0.4 is 0 Å². The van der Waals surface area contributed by atoms with E-state index in [0.29, 0.717) is 0 Å². The van der Waals surface area contributed by atoms with Crippen molar-refractivity contribution < 1.29 is 4.79 Å². The molecule has 3 heteroatoms. The van der Waals surface area contributed by atoms with E-state index in [1.807, 2.05) is 25.1 Å². The molecule has 2 rings (SSSR count). The molecule has 0 aliphatic rings. The van der Waals surface area contributed by atoms with E-state index in [1.165, 1.54) is 0 Å². The highest BCUT2D eigenvalue weighted by molar-refractivity contribution is 9.10. The Kier molecular flexibility index (Phi) is 2.19. The van der Waals surface area contributed by atoms with Gasteiger partial charge >= 0.3 is 0 Å². The van der Waals surface area contributed by atoms with Crippen molar-refractivity contribution in [1.82, 2.24) is 4.98 Å². The van der Waals surface area contributed by atoms with E-state index in [1.54, 1.807) is 6.92 Å². The molecule has 0 atom stereocenters. The van der Waals surface area contributed by atoms with Crippen LogP contribution in [0, 0.1) is 6.92 Å². The first kappa shape index (κ1) is 9.46. The van der Waals surface area contributed by atoms with Gasteiger partial charge in [0.05, 0.1) is 0 Å². The van der Waals surface area contributed by atoms with Crippen LogP contribution in [0.5, 0.6) is 0 Å². The van der Waals surface area contributed by atoms with E-state index in [-0.39, 0.29) is 5.78 Å². The van der Waals surface area contributed by atoms with Crippen molar-refractivity contribution in [3.8, 4) is 0 Å². The number of carbonyl (C=O) groups excluding carboxylic acids is 1. The number of hydrogen-bond acceptors (Lipinski definition) is 1. The number of hydrogen-bond donors (Lipinski definition) is 1. The number of fused-ring (bicyclic) bond motifs is 1. The molecule has 0 amide bonds. The highest BCUT2D eigenvalue weighted by Gasteiger charge is 2.11. The molecule has 0 unspecified atom stereocenters. The van der Waals surface area contributed by atoms with Crippen LogP contribution in [0.15, 0.2) is 22.7 Å². The first-order chi connectivity index (χ1) is 6.61. The highest BCUT2D eigenvalue weighted by Crippen LogP contribution is 2.30. The Balaban J connectivity index is 2.91. The van der Waals surface area contributed by atoms with E-state index in [4.69, 9.17) is 0 Å². The van der Waals surface area contributed by atoms with Gasteiger partial charge in [0.1, 0.15) is 0 Å². The van der Waals surface area contributed by atoms with Crippen LogP contribution in [0.1, 0.15) is 23.0 Å². The third-order valence-electron chi connectivity index (χ3n) is 2.31. The molecule has 1 heterocycles. The zero-order chi connectivity index (χ0) is 10.3. The normalized spacial score (nSPS) is 10.8. The summed E-state index contributed by atoms with van der Waals surface area (Å²) in [6, 6.07) is 5.71. The molecule has 0 bridgehead atoms. The van der Waals surface area contributed by atoms with Crippen LogP contribution in [0.3, 0.4) is 0 Å². The Morgan fingerprint density at radius 3 is 2.79 bits per heavy atom. The van der Waals surface area contributed by atoms with Gasteiger partial charge in [-0.05, 0) is 35.8 Å². The van der Waals surface area contributed by atoms with Crippen molar-refractivity contribution in [1.29, 1.82) is 0 Å². The molecular weight excluding hydrogens is 242 g/mol. The smallest absolute Gasteiger partial charge is 0.160 e. The molecule has 14 heavy (non-hydrogen) atoms. The number of Topliss-reactive ketones (excluding diaryl/α,β-unsaturated/α-hetero) is 1. The molecule has 2 aromatic rings. The molecular formula is C11H10BrNO. The van der Waals surface area contributed by atoms with Crippen LogP contribution in [-0.4, -0.2) is 10.8 Å². The fraction of sp³-hybridized carbons (Fsp3) is 0.182. The fourth-order valence-corrected chi connectivity index (χ4v) is 2.16. The molecule has 0 saturated heterocycles. The highest BCUT2D eigenvalue weighted by atomic mass is 79.9. The average molecular weight is 252 g/mol. The Labute approximate surface area is 90.4 Å². The number of ketones is 1. The first-order valence-electron chi connectivity index (χ1n) is 4.39. The molecule has 1 aromatic heterocycles. The van der Waals surface area contributed by atoms with E-state index in [0.717, 1.165) is 26.6 Å².